The van der Waals surface area contributed by atoms with Crippen LogP contribution in [-0.4, -0.2) is 23.6 Å². The number of aryl methyl sites for hydroxylation is 1. The Hall–Kier alpha value is -1.94. The number of nitrogens with zero attached hydrogens (tertiary/aromatic N) is 3. The van der Waals surface area contributed by atoms with Crippen LogP contribution in [0.1, 0.15) is 30.2 Å². The maximum atomic E-state index is 4.72. The zero-order chi connectivity index (χ0) is 15.1. The van der Waals surface area contributed by atoms with Crippen LogP contribution in [0.4, 0.5) is 5.82 Å². The summed E-state index contributed by atoms with van der Waals surface area (Å²) in [6, 6.07) is 8.33. The van der Waals surface area contributed by atoms with E-state index < -0.39 is 0 Å². The molecule has 0 aliphatic rings. The summed E-state index contributed by atoms with van der Waals surface area (Å²) < 4.78 is 0. The zero-order valence-corrected chi connectivity index (χ0v) is 13.1. The van der Waals surface area contributed by atoms with Gasteiger partial charge in [-0.1, -0.05) is 13.0 Å². The van der Waals surface area contributed by atoms with Crippen molar-refractivity contribution in [3.05, 3.63) is 53.5 Å². The normalized spacial score (nSPS) is 10.6. The summed E-state index contributed by atoms with van der Waals surface area (Å²) in [5.74, 6) is 1.00. The average molecular weight is 284 g/mol. The number of anilines is 1. The predicted octanol–water partition coefficient (Wildman–Crippen LogP) is 2.92. The van der Waals surface area contributed by atoms with E-state index in [-0.39, 0.29) is 0 Å². The van der Waals surface area contributed by atoms with Gasteiger partial charge >= 0.3 is 0 Å². The van der Waals surface area contributed by atoms with Crippen molar-refractivity contribution in [2.24, 2.45) is 0 Å². The Morgan fingerprint density at radius 2 is 1.90 bits per heavy atom. The van der Waals surface area contributed by atoms with Crippen molar-refractivity contribution in [1.29, 1.82) is 0 Å². The second-order valence-electron chi connectivity index (χ2n) is 5.30. The van der Waals surface area contributed by atoms with Crippen LogP contribution in [0.3, 0.4) is 0 Å². The topological polar surface area (TPSA) is 41.0 Å². The minimum absolute atomic E-state index is 0.836. The van der Waals surface area contributed by atoms with Crippen LogP contribution in [0, 0.1) is 6.92 Å². The molecule has 2 aromatic heterocycles. The van der Waals surface area contributed by atoms with Gasteiger partial charge in [0.25, 0.3) is 0 Å². The molecule has 0 fully saturated rings. The number of aromatic nitrogens is 2. The molecular formula is C17H24N4. The predicted molar refractivity (Wildman–Crippen MR) is 87.3 cm³/mol. The average Bonchev–Trinajstić information content (AvgIpc) is 2.50. The van der Waals surface area contributed by atoms with Crippen molar-refractivity contribution < 1.29 is 0 Å². The maximum absolute atomic E-state index is 4.72. The van der Waals surface area contributed by atoms with Gasteiger partial charge in [-0.25, -0.2) is 4.98 Å². The summed E-state index contributed by atoms with van der Waals surface area (Å²) in [7, 11) is 2.07. The Kier molecular flexibility index (Phi) is 5.69. The zero-order valence-electron chi connectivity index (χ0n) is 13.1. The molecule has 0 unspecified atom stereocenters. The minimum atomic E-state index is 0.836. The molecule has 1 N–H and O–H groups in total. The fourth-order valence-electron chi connectivity index (χ4n) is 2.22. The quantitative estimate of drug-likeness (QED) is 0.794. The third kappa shape index (κ3) is 4.53. The van der Waals surface area contributed by atoms with Crippen molar-refractivity contribution in [3.63, 3.8) is 0 Å². The molecular weight excluding hydrogens is 260 g/mol. The first kappa shape index (κ1) is 15.4. The molecule has 0 amide bonds. The molecule has 0 spiro atoms. The summed E-state index contributed by atoms with van der Waals surface area (Å²) >= 11 is 0. The number of hydrogen-bond acceptors (Lipinski definition) is 4. The van der Waals surface area contributed by atoms with E-state index in [2.05, 4.69) is 48.2 Å². The van der Waals surface area contributed by atoms with E-state index in [1.807, 2.05) is 24.5 Å². The fourth-order valence-corrected chi connectivity index (χ4v) is 2.22. The molecule has 0 aromatic carbocycles. The molecule has 0 saturated heterocycles. The molecule has 21 heavy (non-hydrogen) atoms. The first-order chi connectivity index (χ1) is 10.2. The van der Waals surface area contributed by atoms with Crippen molar-refractivity contribution in [3.8, 4) is 0 Å². The van der Waals surface area contributed by atoms with E-state index in [0.29, 0.717) is 0 Å². The van der Waals surface area contributed by atoms with Gasteiger partial charge in [-0.15, -0.1) is 0 Å². The van der Waals surface area contributed by atoms with Crippen LogP contribution >= 0.6 is 0 Å². The van der Waals surface area contributed by atoms with E-state index in [9.17, 15) is 0 Å². The second kappa shape index (κ2) is 7.74. The second-order valence-corrected chi connectivity index (χ2v) is 5.30. The van der Waals surface area contributed by atoms with Crippen molar-refractivity contribution in [2.75, 3.05) is 18.5 Å². The van der Waals surface area contributed by atoms with E-state index >= 15 is 0 Å². The third-order valence-electron chi connectivity index (χ3n) is 3.48. The van der Waals surface area contributed by atoms with Gasteiger partial charge in [0.05, 0.1) is 0 Å². The molecule has 0 aliphatic heterocycles. The fraction of sp³-hybridized carbons (Fsp3) is 0.412. The molecule has 2 rings (SSSR count). The van der Waals surface area contributed by atoms with Gasteiger partial charge in [0, 0.05) is 38.2 Å². The highest BCUT2D eigenvalue weighted by Gasteiger charge is 2.06. The molecule has 2 aromatic rings. The summed E-state index contributed by atoms with van der Waals surface area (Å²) in [5.41, 5.74) is 3.60. The Bertz CT molecular complexity index is 554. The van der Waals surface area contributed by atoms with Gasteiger partial charge in [0.15, 0.2) is 0 Å². The lowest BCUT2D eigenvalue weighted by atomic mass is 10.2. The number of nitrogens with one attached hydrogen (secondary N) is 1. The first-order valence-corrected chi connectivity index (χ1v) is 7.48. The largest absolute Gasteiger partial charge is 0.355 e. The summed E-state index contributed by atoms with van der Waals surface area (Å²) in [4.78, 5) is 10.9. The van der Waals surface area contributed by atoms with Crippen LogP contribution in [0.15, 0.2) is 36.7 Å². The highest BCUT2D eigenvalue weighted by molar-refractivity contribution is 5.41. The van der Waals surface area contributed by atoms with Crippen LogP contribution in [0.2, 0.25) is 0 Å². The van der Waals surface area contributed by atoms with E-state index in [4.69, 9.17) is 4.98 Å². The lowest BCUT2D eigenvalue weighted by molar-refractivity contribution is 0.670. The first-order valence-electron chi connectivity index (χ1n) is 7.48. The van der Waals surface area contributed by atoms with Gasteiger partial charge in [0.1, 0.15) is 5.82 Å². The van der Waals surface area contributed by atoms with Gasteiger partial charge in [0.2, 0.25) is 0 Å². The van der Waals surface area contributed by atoms with Crippen molar-refractivity contribution in [1.82, 2.24) is 15.3 Å². The smallest absolute Gasteiger partial charge is 0.128 e. The summed E-state index contributed by atoms with van der Waals surface area (Å²) in [5, 5.41) is 3.42. The van der Waals surface area contributed by atoms with Crippen LogP contribution in [-0.2, 0) is 13.1 Å². The molecule has 112 valence electrons. The van der Waals surface area contributed by atoms with Gasteiger partial charge in [-0.05, 0) is 49.2 Å². The van der Waals surface area contributed by atoms with E-state index in [1.54, 1.807) is 0 Å². The molecule has 0 radical (unpaired) electrons. The highest BCUT2D eigenvalue weighted by atomic mass is 15.2. The minimum Gasteiger partial charge on any atom is -0.355 e. The number of hydrogen-bond donors (Lipinski definition) is 1. The molecule has 2 heterocycles. The van der Waals surface area contributed by atoms with Crippen LogP contribution in [0.5, 0.6) is 0 Å². The van der Waals surface area contributed by atoms with Crippen LogP contribution < -0.4 is 10.2 Å². The molecule has 0 atom stereocenters. The maximum Gasteiger partial charge on any atom is 0.128 e. The monoisotopic (exact) mass is 284 g/mol. The van der Waals surface area contributed by atoms with Gasteiger partial charge < -0.3 is 10.2 Å². The SMILES string of the molecule is CCCNCc1ccc(N(C)Cc2ccncc2)nc1C. The van der Waals surface area contributed by atoms with E-state index in [1.165, 1.54) is 11.1 Å². The summed E-state index contributed by atoms with van der Waals surface area (Å²) in [6.07, 6.45) is 4.80. The number of rotatable bonds is 7. The Morgan fingerprint density at radius 3 is 2.57 bits per heavy atom. The number of pyridine rings is 2. The van der Waals surface area contributed by atoms with Crippen LogP contribution in [0.25, 0.3) is 0 Å². The molecule has 0 bridgehead atoms. The highest BCUT2D eigenvalue weighted by Crippen LogP contribution is 2.15. The Balaban J connectivity index is 2.01. The molecule has 0 aliphatic carbocycles. The lowest BCUT2D eigenvalue weighted by Crippen LogP contribution is -2.19. The lowest BCUT2D eigenvalue weighted by Gasteiger charge is -2.19. The van der Waals surface area contributed by atoms with E-state index in [0.717, 1.165) is 37.6 Å². The standard InChI is InChI=1S/C17H24N4/c1-4-9-19-12-16-5-6-17(20-14(16)2)21(3)13-15-7-10-18-11-8-15/h5-8,10-11,19H,4,9,12-13H2,1-3H3. The molecule has 4 nitrogen and oxygen atoms in total. The van der Waals surface area contributed by atoms with Gasteiger partial charge in [-0.2, -0.15) is 0 Å². The molecule has 4 heteroatoms. The Morgan fingerprint density at radius 1 is 1.14 bits per heavy atom. The molecule has 0 saturated carbocycles. The van der Waals surface area contributed by atoms with Crippen molar-refractivity contribution in [2.45, 2.75) is 33.4 Å². The third-order valence-corrected chi connectivity index (χ3v) is 3.48. The Labute approximate surface area is 127 Å². The van der Waals surface area contributed by atoms with Gasteiger partial charge in [-0.3, -0.25) is 4.98 Å². The van der Waals surface area contributed by atoms with Crippen molar-refractivity contribution >= 4 is 5.82 Å². The summed E-state index contributed by atoms with van der Waals surface area (Å²) in [6.45, 7) is 7.02.